The van der Waals surface area contributed by atoms with E-state index >= 15 is 0 Å². The zero-order valence-electron chi connectivity index (χ0n) is 26.5. The normalized spacial score (nSPS) is 30.2. The van der Waals surface area contributed by atoms with Crippen molar-refractivity contribution in [3.05, 3.63) is 11.6 Å². The van der Waals surface area contributed by atoms with Crippen LogP contribution in [-0.2, 0) is 38.0 Å². The van der Waals surface area contributed by atoms with Gasteiger partial charge in [-0.3, -0.25) is 4.79 Å². The van der Waals surface area contributed by atoms with Gasteiger partial charge in [0.1, 0.15) is 42.3 Å². The van der Waals surface area contributed by atoms with Gasteiger partial charge in [0.2, 0.25) is 5.91 Å². The van der Waals surface area contributed by atoms with E-state index in [1.165, 1.54) is 5.57 Å². The fourth-order valence-electron chi connectivity index (χ4n) is 5.63. The molecule has 4 unspecified atom stereocenters. The third-order valence-corrected chi connectivity index (χ3v) is 8.20. The van der Waals surface area contributed by atoms with E-state index in [9.17, 15) is 14.4 Å². The number of methoxy groups -OCH3 is 1. The van der Waals surface area contributed by atoms with Gasteiger partial charge >= 0.3 is 6.09 Å². The van der Waals surface area contributed by atoms with E-state index in [-0.39, 0.29) is 54.2 Å². The van der Waals surface area contributed by atoms with Gasteiger partial charge in [0.25, 0.3) is 0 Å². The summed E-state index contributed by atoms with van der Waals surface area (Å²) in [7, 11) is 1.65. The number of nitrogens with zero attached hydrogens (tertiary/aromatic N) is 2. The van der Waals surface area contributed by atoms with Crippen LogP contribution in [0, 0.1) is 11.8 Å². The number of epoxide rings is 2. The second-order valence-electron chi connectivity index (χ2n) is 12.1. The maximum absolute atomic E-state index is 12.6. The van der Waals surface area contributed by atoms with Crippen molar-refractivity contribution < 1.29 is 42.8 Å². The molecule has 1 saturated carbocycles. The lowest BCUT2D eigenvalue weighted by Crippen LogP contribution is -2.56. The molecule has 0 bridgehead atoms. The molecule has 13 heteroatoms. The summed E-state index contributed by atoms with van der Waals surface area (Å²) in [4.78, 5) is 35.2. The van der Waals surface area contributed by atoms with Crippen LogP contribution in [0.3, 0.4) is 0 Å². The number of azo groups is 1. The lowest BCUT2D eigenvalue weighted by molar-refractivity contribution is -0.120. The predicted octanol–water partition coefficient (Wildman–Crippen LogP) is 2.61. The SMILES string of the molecule is COC1C(OC(=O)NCCOCCOCCNC(=O)CN=N[C@H](C=O)C(C)C)CC[C@]2(CO2)C1C1(C)O[C@@H]1CC=C(C)C. The maximum atomic E-state index is 12.6. The minimum atomic E-state index is -0.535. The molecule has 3 aliphatic rings. The predicted molar refractivity (Wildman–Crippen MR) is 157 cm³/mol. The van der Waals surface area contributed by atoms with Crippen LogP contribution in [0.15, 0.2) is 21.9 Å². The van der Waals surface area contributed by atoms with E-state index < -0.39 is 18.2 Å². The van der Waals surface area contributed by atoms with E-state index in [0.717, 1.165) is 19.1 Å². The quantitative estimate of drug-likeness (QED) is 0.0736. The number of amides is 2. The Morgan fingerprint density at radius 2 is 1.77 bits per heavy atom. The molecule has 2 amide bonds. The molecule has 2 heterocycles. The number of aldehydes is 1. The molecular formula is C30H50N4O9. The minimum Gasteiger partial charge on any atom is -0.443 e. The summed E-state index contributed by atoms with van der Waals surface area (Å²) >= 11 is 0. The Bertz CT molecular complexity index is 983. The maximum Gasteiger partial charge on any atom is 0.407 e. The molecule has 0 aromatic heterocycles. The standard InChI is InChI=1S/C30H50N4O9/c1-20(2)7-8-24-29(5,43-24)27-26(38-6)23(9-10-30(27)19-41-30)42-28(37)32-12-14-40-16-15-39-13-11-31-25(36)17-33-34-22(18-35)21(3)4/h7,18,21-24,26-27H,8-17,19H2,1-6H3,(H,31,36)(H,32,37)/t22-,23?,24-,26?,27?,29?,30+/m1/s1. The molecule has 1 aliphatic carbocycles. The fourth-order valence-corrected chi connectivity index (χ4v) is 5.63. The monoisotopic (exact) mass is 610 g/mol. The molecule has 1 spiro atoms. The first kappa shape index (κ1) is 35.0. The Kier molecular flexibility index (Phi) is 13.5. The van der Waals surface area contributed by atoms with Crippen molar-refractivity contribution in [3.8, 4) is 0 Å². The molecule has 43 heavy (non-hydrogen) atoms. The Labute approximate surface area is 254 Å². The fraction of sp³-hybridized carbons (Fsp3) is 0.833. The highest BCUT2D eigenvalue weighted by Gasteiger charge is 2.72. The first-order valence-corrected chi connectivity index (χ1v) is 15.2. The number of allylic oxidation sites excluding steroid dienone is 1. The number of rotatable bonds is 19. The first-order valence-electron chi connectivity index (χ1n) is 15.2. The highest BCUT2D eigenvalue weighted by Crippen LogP contribution is 2.59. The lowest BCUT2D eigenvalue weighted by Gasteiger charge is -2.42. The Morgan fingerprint density at radius 3 is 2.35 bits per heavy atom. The van der Waals surface area contributed by atoms with Crippen LogP contribution in [0.5, 0.6) is 0 Å². The molecule has 7 atom stereocenters. The number of alkyl carbamates (subject to hydrolysis) is 1. The first-order chi connectivity index (χ1) is 20.6. The van der Waals surface area contributed by atoms with Gasteiger partial charge in [-0.25, -0.2) is 4.79 Å². The van der Waals surface area contributed by atoms with Crippen LogP contribution in [0.1, 0.15) is 53.9 Å². The number of carbonyl (C=O) groups excluding carboxylic acids is 3. The molecule has 0 aromatic carbocycles. The largest absolute Gasteiger partial charge is 0.443 e. The average Bonchev–Trinajstić information content (AvgIpc) is 3.88. The number of carbonyl (C=O) groups is 3. The molecule has 13 nitrogen and oxygen atoms in total. The number of nitrogens with one attached hydrogen (secondary N) is 2. The van der Waals surface area contributed by atoms with Crippen molar-refractivity contribution in [2.45, 2.75) is 89.4 Å². The zero-order valence-corrected chi connectivity index (χ0v) is 26.5. The molecule has 2 N–H and O–H groups in total. The van der Waals surface area contributed by atoms with Gasteiger partial charge in [-0.15, -0.1) is 0 Å². The van der Waals surface area contributed by atoms with E-state index in [1.807, 2.05) is 13.8 Å². The van der Waals surface area contributed by atoms with E-state index in [0.29, 0.717) is 46.0 Å². The van der Waals surface area contributed by atoms with Crippen molar-refractivity contribution in [2.24, 2.45) is 22.1 Å². The molecule has 3 fully saturated rings. The van der Waals surface area contributed by atoms with E-state index in [1.54, 1.807) is 7.11 Å². The molecule has 2 aliphatic heterocycles. The summed E-state index contributed by atoms with van der Waals surface area (Å²) in [5.41, 5.74) is 0.601. The Hall–Kier alpha value is -2.45. The second-order valence-corrected chi connectivity index (χ2v) is 12.1. The highest BCUT2D eigenvalue weighted by atomic mass is 16.6. The third kappa shape index (κ3) is 10.3. The van der Waals surface area contributed by atoms with Crippen LogP contribution in [0.2, 0.25) is 0 Å². The summed E-state index contributed by atoms with van der Waals surface area (Å²) in [5, 5.41) is 13.0. The Balaban J connectivity index is 1.26. The lowest BCUT2D eigenvalue weighted by atomic mass is 9.68. The molecular weight excluding hydrogens is 560 g/mol. The minimum absolute atomic E-state index is 0.0276. The highest BCUT2D eigenvalue weighted by molar-refractivity contribution is 5.78. The van der Waals surface area contributed by atoms with Gasteiger partial charge in [-0.05, 0) is 46.0 Å². The number of hydrogen-bond donors (Lipinski definition) is 2. The van der Waals surface area contributed by atoms with Crippen LogP contribution < -0.4 is 10.6 Å². The van der Waals surface area contributed by atoms with E-state index in [4.69, 9.17) is 28.4 Å². The van der Waals surface area contributed by atoms with Crippen molar-refractivity contribution in [1.29, 1.82) is 0 Å². The van der Waals surface area contributed by atoms with Gasteiger partial charge in [0.05, 0.1) is 45.1 Å². The smallest absolute Gasteiger partial charge is 0.407 e. The van der Waals surface area contributed by atoms with Gasteiger partial charge in [0.15, 0.2) is 0 Å². The van der Waals surface area contributed by atoms with Gasteiger partial charge in [0, 0.05) is 20.2 Å². The van der Waals surface area contributed by atoms with Crippen LogP contribution in [-0.4, -0.2) is 114 Å². The average molecular weight is 611 g/mol. The second kappa shape index (κ2) is 16.6. The van der Waals surface area contributed by atoms with Crippen LogP contribution >= 0.6 is 0 Å². The number of hydrogen-bond acceptors (Lipinski definition) is 11. The van der Waals surface area contributed by atoms with Crippen LogP contribution in [0.25, 0.3) is 0 Å². The van der Waals surface area contributed by atoms with Crippen molar-refractivity contribution in [1.82, 2.24) is 10.6 Å². The summed E-state index contributed by atoms with van der Waals surface area (Å²) in [6.07, 6.45) is 4.05. The zero-order chi connectivity index (χ0) is 31.5. The van der Waals surface area contributed by atoms with Gasteiger partial charge in [-0.2, -0.15) is 10.2 Å². The summed E-state index contributed by atoms with van der Waals surface area (Å²) < 4.78 is 34.8. The van der Waals surface area contributed by atoms with Crippen molar-refractivity contribution in [3.63, 3.8) is 0 Å². The molecule has 3 rings (SSSR count). The molecule has 0 radical (unpaired) electrons. The summed E-state index contributed by atoms with van der Waals surface area (Å²) in [6.45, 7) is 12.4. The van der Waals surface area contributed by atoms with Crippen molar-refractivity contribution in [2.75, 3.05) is 59.8 Å². The Morgan fingerprint density at radius 1 is 1.09 bits per heavy atom. The molecule has 0 aromatic rings. The van der Waals surface area contributed by atoms with Crippen LogP contribution in [0.4, 0.5) is 4.79 Å². The van der Waals surface area contributed by atoms with Gasteiger partial charge < -0.3 is 43.8 Å². The molecule has 2 saturated heterocycles. The summed E-state index contributed by atoms with van der Waals surface area (Å²) in [5.74, 6) is -0.291. The third-order valence-electron chi connectivity index (χ3n) is 8.20. The van der Waals surface area contributed by atoms with E-state index in [2.05, 4.69) is 47.7 Å². The van der Waals surface area contributed by atoms with Crippen molar-refractivity contribution >= 4 is 18.3 Å². The topological polar surface area (TPSA) is 162 Å². The molecule has 244 valence electrons. The van der Waals surface area contributed by atoms with Gasteiger partial charge in [-0.1, -0.05) is 25.5 Å². The number of ether oxygens (including phenoxy) is 6. The summed E-state index contributed by atoms with van der Waals surface area (Å²) in [6, 6.07) is -0.535.